The van der Waals surface area contributed by atoms with E-state index in [2.05, 4.69) is 6.07 Å². The third-order valence-corrected chi connectivity index (χ3v) is 4.57. The second-order valence-electron chi connectivity index (χ2n) is 7.02. The average Bonchev–Trinajstić information content (AvgIpc) is 2.60. The number of carbonyl (C=O) groups excluding carboxylic acids is 2. The van der Waals surface area contributed by atoms with Crippen molar-refractivity contribution in [1.29, 1.82) is 0 Å². The zero-order valence-electron chi connectivity index (χ0n) is 15.4. The summed E-state index contributed by atoms with van der Waals surface area (Å²) in [4.78, 5) is 26.7. The summed E-state index contributed by atoms with van der Waals surface area (Å²) in [6, 6.07) is 15.5. The van der Waals surface area contributed by atoms with Crippen LogP contribution < -0.4 is 0 Å². The lowest BCUT2D eigenvalue weighted by atomic mass is 9.97. The molecule has 4 heteroatoms. The minimum atomic E-state index is -0.324. The summed E-state index contributed by atoms with van der Waals surface area (Å²) in [6.45, 7) is 4.91. The zero-order valence-corrected chi connectivity index (χ0v) is 15.4. The van der Waals surface area contributed by atoms with Crippen LogP contribution in [-0.2, 0) is 28.9 Å². The summed E-state index contributed by atoms with van der Waals surface area (Å²) >= 11 is 0. The Bertz CT molecular complexity index is 797. The molecule has 136 valence electrons. The van der Waals surface area contributed by atoms with E-state index in [1.165, 1.54) is 5.56 Å². The first-order valence-electron chi connectivity index (χ1n) is 9.17. The number of aryl methyl sites for hydroxylation is 1. The number of rotatable bonds is 4. The Labute approximate surface area is 154 Å². The summed E-state index contributed by atoms with van der Waals surface area (Å²) in [6.07, 6.45) is 2.21. The van der Waals surface area contributed by atoms with Gasteiger partial charge in [-0.05, 0) is 55.5 Å². The van der Waals surface area contributed by atoms with Gasteiger partial charge in [0.05, 0.1) is 18.1 Å². The Morgan fingerprint density at radius 1 is 1.12 bits per heavy atom. The lowest BCUT2D eigenvalue weighted by Gasteiger charge is -2.26. The molecule has 1 heterocycles. The van der Waals surface area contributed by atoms with Crippen molar-refractivity contribution in [3.05, 3.63) is 70.8 Å². The largest absolute Gasteiger partial charge is 0.459 e. The van der Waals surface area contributed by atoms with Crippen molar-refractivity contribution >= 4 is 11.9 Å². The van der Waals surface area contributed by atoms with Gasteiger partial charge in [0.1, 0.15) is 0 Å². The van der Waals surface area contributed by atoms with Gasteiger partial charge in [-0.15, -0.1) is 0 Å². The van der Waals surface area contributed by atoms with E-state index in [0.717, 1.165) is 30.5 Å². The van der Waals surface area contributed by atoms with Gasteiger partial charge in [0.15, 0.2) is 0 Å². The molecule has 2 aromatic rings. The Hall–Kier alpha value is -2.62. The van der Waals surface area contributed by atoms with Crippen molar-refractivity contribution in [2.75, 3.05) is 6.54 Å². The Morgan fingerprint density at radius 3 is 2.65 bits per heavy atom. The molecule has 1 amide bonds. The number of carbonyl (C=O) groups is 2. The van der Waals surface area contributed by atoms with Crippen LogP contribution in [-0.4, -0.2) is 29.4 Å². The monoisotopic (exact) mass is 351 g/mol. The SMILES string of the molecule is CC(C)OC(=O)c1cccc(CN2CCCc3ccccc3CC2=O)c1. The minimum absolute atomic E-state index is 0.132. The van der Waals surface area contributed by atoms with Crippen LogP contribution in [0.5, 0.6) is 0 Å². The molecule has 0 fully saturated rings. The van der Waals surface area contributed by atoms with Crippen molar-refractivity contribution in [2.24, 2.45) is 0 Å². The number of nitrogens with zero attached hydrogens (tertiary/aromatic N) is 1. The predicted octanol–water partition coefficient (Wildman–Crippen LogP) is 3.77. The third-order valence-electron chi connectivity index (χ3n) is 4.57. The third kappa shape index (κ3) is 4.51. The first-order chi connectivity index (χ1) is 12.5. The van der Waals surface area contributed by atoms with Crippen LogP contribution in [0.1, 0.15) is 47.3 Å². The average molecular weight is 351 g/mol. The summed E-state index contributed by atoms with van der Waals surface area (Å²) in [7, 11) is 0. The topological polar surface area (TPSA) is 46.6 Å². The first-order valence-corrected chi connectivity index (χ1v) is 9.17. The molecule has 2 aromatic carbocycles. The molecule has 0 bridgehead atoms. The maximum Gasteiger partial charge on any atom is 0.338 e. The highest BCUT2D eigenvalue weighted by molar-refractivity contribution is 5.89. The maximum atomic E-state index is 12.7. The lowest BCUT2D eigenvalue weighted by molar-refractivity contribution is -0.131. The second-order valence-corrected chi connectivity index (χ2v) is 7.02. The van der Waals surface area contributed by atoms with Crippen LogP contribution >= 0.6 is 0 Å². The number of amides is 1. The van der Waals surface area contributed by atoms with E-state index in [9.17, 15) is 9.59 Å². The van der Waals surface area contributed by atoms with Gasteiger partial charge in [-0.3, -0.25) is 4.79 Å². The highest BCUT2D eigenvalue weighted by Crippen LogP contribution is 2.18. The molecule has 1 aliphatic heterocycles. The molecule has 0 atom stereocenters. The van der Waals surface area contributed by atoms with E-state index in [4.69, 9.17) is 4.74 Å². The van der Waals surface area contributed by atoms with E-state index in [-0.39, 0.29) is 18.0 Å². The molecule has 0 saturated carbocycles. The zero-order chi connectivity index (χ0) is 18.5. The van der Waals surface area contributed by atoms with Crippen LogP contribution in [0.25, 0.3) is 0 Å². The van der Waals surface area contributed by atoms with Crippen LogP contribution in [0.3, 0.4) is 0 Å². The maximum absolute atomic E-state index is 12.7. The fourth-order valence-corrected chi connectivity index (χ4v) is 3.30. The number of fused-ring (bicyclic) bond motifs is 1. The summed E-state index contributed by atoms with van der Waals surface area (Å²) in [5, 5.41) is 0. The van der Waals surface area contributed by atoms with Crippen molar-refractivity contribution in [2.45, 2.75) is 45.8 Å². The summed E-state index contributed by atoms with van der Waals surface area (Å²) in [5.41, 5.74) is 3.88. The van der Waals surface area contributed by atoms with Crippen molar-refractivity contribution in [3.63, 3.8) is 0 Å². The Balaban J connectivity index is 1.72. The molecule has 0 N–H and O–H groups in total. The smallest absolute Gasteiger partial charge is 0.338 e. The van der Waals surface area contributed by atoms with Gasteiger partial charge in [0.25, 0.3) is 0 Å². The normalized spacial score (nSPS) is 14.6. The van der Waals surface area contributed by atoms with E-state index in [1.807, 2.05) is 55.1 Å². The van der Waals surface area contributed by atoms with Gasteiger partial charge in [0.2, 0.25) is 5.91 Å². The highest BCUT2D eigenvalue weighted by atomic mass is 16.5. The van der Waals surface area contributed by atoms with Crippen molar-refractivity contribution in [1.82, 2.24) is 4.90 Å². The molecule has 0 radical (unpaired) electrons. The number of esters is 1. The summed E-state index contributed by atoms with van der Waals surface area (Å²) in [5.74, 6) is -0.193. The number of ether oxygens (including phenoxy) is 1. The Morgan fingerprint density at radius 2 is 1.88 bits per heavy atom. The molecule has 0 aliphatic carbocycles. The van der Waals surface area contributed by atoms with Gasteiger partial charge < -0.3 is 9.64 Å². The molecule has 4 nitrogen and oxygen atoms in total. The van der Waals surface area contributed by atoms with E-state index < -0.39 is 0 Å². The molecular weight excluding hydrogens is 326 g/mol. The fraction of sp³-hybridized carbons (Fsp3) is 0.364. The summed E-state index contributed by atoms with van der Waals surface area (Å²) < 4.78 is 5.26. The molecular formula is C22H25NO3. The molecule has 0 saturated heterocycles. The quantitative estimate of drug-likeness (QED) is 0.788. The minimum Gasteiger partial charge on any atom is -0.459 e. The molecule has 0 spiro atoms. The van der Waals surface area contributed by atoms with Crippen LogP contribution in [0, 0.1) is 0 Å². The predicted molar refractivity (Wildman–Crippen MR) is 101 cm³/mol. The molecule has 0 aromatic heterocycles. The molecule has 26 heavy (non-hydrogen) atoms. The van der Waals surface area contributed by atoms with Gasteiger partial charge in [-0.2, -0.15) is 0 Å². The van der Waals surface area contributed by atoms with E-state index in [0.29, 0.717) is 18.5 Å². The fourth-order valence-electron chi connectivity index (χ4n) is 3.30. The van der Waals surface area contributed by atoms with Gasteiger partial charge in [-0.25, -0.2) is 4.79 Å². The van der Waals surface area contributed by atoms with Crippen LogP contribution in [0.15, 0.2) is 48.5 Å². The van der Waals surface area contributed by atoms with Gasteiger partial charge in [-0.1, -0.05) is 36.4 Å². The first kappa shape index (κ1) is 18.2. The van der Waals surface area contributed by atoms with E-state index >= 15 is 0 Å². The van der Waals surface area contributed by atoms with Crippen LogP contribution in [0.2, 0.25) is 0 Å². The molecule has 1 aliphatic rings. The van der Waals surface area contributed by atoms with Crippen molar-refractivity contribution < 1.29 is 14.3 Å². The standard InChI is InChI=1S/C22H25NO3/c1-16(2)26-22(25)20-10-5-7-17(13-20)15-23-12-6-11-18-8-3-4-9-19(18)14-21(23)24/h3-5,7-10,13,16H,6,11-12,14-15H2,1-2H3. The second kappa shape index (κ2) is 8.17. The van der Waals surface area contributed by atoms with Gasteiger partial charge >= 0.3 is 5.97 Å². The van der Waals surface area contributed by atoms with Gasteiger partial charge in [0, 0.05) is 13.1 Å². The number of benzene rings is 2. The molecule has 0 unspecified atom stereocenters. The van der Waals surface area contributed by atoms with Crippen molar-refractivity contribution in [3.8, 4) is 0 Å². The molecule has 3 rings (SSSR count). The highest BCUT2D eigenvalue weighted by Gasteiger charge is 2.19. The Kier molecular flexibility index (Phi) is 5.71. The lowest BCUT2D eigenvalue weighted by Crippen LogP contribution is -2.34. The number of hydrogen-bond acceptors (Lipinski definition) is 3. The van der Waals surface area contributed by atoms with Crippen LogP contribution in [0.4, 0.5) is 0 Å². The van der Waals surface area contributed by atoms with E-state index in [1.54, 1.807) is 6.07 Å². The number of hydrogen-bond donors (Lipinski definition) is 0.